The van der Waals surface area contributed by atoms with Crippen LogP contribution in [-0.4, -0.2) is 11.8 Å². The molecule has 0 spiro atoms. The molecule has 0 atom stereocenters. The minimum absolute atomic E-state index is 0.0346. The van der Waals surface area contributed by atoms with Crippen molar-refractivity contribution in [3.8, 4) is 0 Å². The molecule has 5 heteroatoms. The van der Waals surface area contributed by atoms with Gasteiger partial charge in [0.1, 0.15) is 0 Å². The first-order valence-electron chi connectivity index (χ1n) is 7.21. The summed E-state index contributed by atoms with van der Waals surface area (Å²) in [7, 11) is 0. The van der Waals surface area contributed by atoms with Crippen LogP contribution >= 0.6 is 0 Å². The molecule has 0 aliphatic carbocycles. The molecule has 0 saturated carbocycles. The first kappa shape index (κ1) is 15.8. The van der Waals surface area contributed by atoms with Crippen LogP contribution in [0.1, 0.15) is 36.4 Å². The molecular weight excluding hydrogens is 280 g/mol. The molecule has 1 aromatic carbocycles. The van der Waals surface area contributed by atoms with E-state index in [0.29, 0.717) is 23.7 Å². The van der Waals surface area contributed by atoms with E-state index in [9.17, 15) is 9.59 Å². The fourth-order valence-corrected chi connectivity index (χ4v) is 2.01. The lowest BCUT2D eigenvalue weighted by Gasteiger charge is -2.12. The summed E-state index contributed by atoms with van der Waals surface area (Å²) in [5.74, 6) is 0.175. The average molecular weight is 300 g/mol. The fraction of sp³-hybridized carbons (Fsp3) is 0.294. The van der Waals surface area contributed by atoms with E-state index < -0.39 is 0 Å². The van der Waals surface area contributed by atoms with E-state index in [1.165, 1.54) is 6.26 Å². The van der Waals surface area contributed by atoms with Crippen LogP contribution in [-0.2, 0) is 4.79 Å². The predicted molar refractivity (Wildman–Crippen MR) is 85.9 cm³/mol. The summed E-state index contributed by atoms with van der Waals surface area (Å²) in [4.78, 5) is 23.8. The maximum absolute atomic E-state index is 11.9. The van der Waals surface area contributed by atoms with E-state index in [4.69, 9.17) is 4.42 Å². The maximum Gasteiger partial charge on any atom is 0.291 e. The first-order chi connectivity index (χ1) is 10.5. The summed E-state index contributed by atoms with van der Waals surface area (Å²) in [5.41, 5.74) is 2.24. The molecule has 0 bridgehead atoms. The molecule has 0 saturated heterocycles. The highest BCUT2D eigenvalue weighted by Crippen LogP contribution is 2.21. The molecule has 2 aromatic rings. The number of hydrogen-bond acceptors (Lipinski definition) is 3. The Morgan fingerprint density at radius 3 is 2.59 bits per heavy atom. The molecule has 0 fully saturated rings. The summed E-state index contributed by atoms with van der Waals surface area (Å²) in [6.07, 6.45) is 1.91. The van der Waals surface area contributed by atoms with Crippen LogP contribution in [0.25, 0.3) is 0 Å². The molecule has 2 rings (SSSR count). The van der Waals surface area contributed by atoms with Crippen molar-refractivity contribution in [1.29, 1.82) is 0 Å². The minimum atomic E-state index is -0.326. The van der Waals surface area contributed by atoms with Crippen LogP contribution in [0.3, 0.4) is 0 Å². The fourth-order valence-electron chi connectivity index (χ4n) is 2.01. The van der Waals surface area contributed by atoms with E-state index >= 15 is 0 Å². The molecular formula is C17H20N2O3. The van der Waals surface area contributed by atoms with Gasteiger partial charge in [-0.1, -0.05) is 19.9 Å². The zero-order valence-electron chi connectivity index (χ0n) is 13.0. The van der Waals surface area contributed by atoms with Crippen LogP contribution in [0, 0.1) is 12.8 Å². The molecule has 5 nitrogen and oxygen atoms in total. The number of amides is 2. The third-order valence-electron chi connectivity index (χ3n) is 3.11. The van der Waals surface area contributed by atoms with Crippen LogP contribution in [0.4, 0.5) is 11.4 Å². The second-order valence-corrected chi connectivity index (χ2v) is 5.61. The van der Waals surface area contributed by atoms with E-state index in [-0.39, 0.29) is 17.6 Å². The summed E-state index contributed by atoms with van der Waals surface area (Å²) < 4.78 is 5.05. The zero-order valence-corrected chi connectivity index (χ0v) is 13.0. The van der Waals surface area contributed by atoms with E-state index in [1.54, 1.807) is 24.3 Å². The topological polar surface area (TPSA) is 71.3 Å². The Labute approximate surface area is 129 Å². The third kappa shape index (κ3) is 4.22. The number of nitrogens with one attached hydrogen (secondary N) is 2. The Bertz CT molecular complexity index is 661. The van der Waals surface area contributed by atoms with Gasteiger partial charge in [0.15, 0.2) is 5.76 Å². The van der Waals surface area contributed by atoms with Gasteiger partial charge >= 0.3 is 0 Å². The van der Waals surface area contributed by atoms with Gasteiger partial charge in [-0.05, 0) is 42.7 Å². The molecule has 1 heterocycles. The third-order valence-corrected chi connectivity index (χ3v) is 3.11. The molecule has 2 N–H and O–H groups in total. The van der Waals surface area contributed by atoms with Gasteiger partial charge in [-0.2, -0.15) is 0 Å². The van der Waals surface area contributed by atoms with E-state index in [0.717, 1.165) is 5.56 Å². The van der Waals surface area contributed by atoms with Gasteiger partial charge in [0.25, 0.3) is 5.91 Å². The Balaban J connectivity index is 2.09. The average Bonchev–Trinajstić information content (AvgIpc) is 2.95. The normalized spacial score (nSPS) is 10.5. The minimum Gasteiger partial charge on any atom is -0.459 e. The van der Waals surface area contributed by atoms with Crippen molar-refractivity contribution in [2.75, 3.05) is 10.6 Å². The van der Waals surface area contributed by atoms with Crippen LogP contribution in [0.2, 0.25) is 0 Å². The number of anilines is 2. The van der Waals surface area contributed by atoms with Crippen LogP contribution < -0.4 is 10.6 Å². The summed E-state index contributed by atoms with van der Waals surface area (Å²) in [6, 6.07) is 8.63. The second-order valence-electron chi connectivity index (χ2n) is 5.61. The molecule has 116 valence electrons. The Kier molecular flexibility index (Phi) is 4.99. The SMILES string of the molecule is Cc1ccc(NC(=O)c2ccco2)cc1NC(=O)CC(C)C. The number of carbonyl (C=O) groups excluding carboxylic acids is 2. The number of furan rings is 1. The quantitative estimate of drug-likeness (QED) is 0.881. The van der Waals surface area contributed by atoms with Crippen LogP contribution in [0.5, 0.6) is 0 Å². The van der Waals surface area contributed by atoms with Crippen molar-refractivity contribution in [3.05, 3.63) is 47.9 Å². The van der Waals surface area contributed by atoms with Crippen LogP contribution in [0.15, 0.2) is 41.0 Å². The molecule has 0 unspecified atom stereocenters. The van der Waals surface area contributed by atoms with Gasteiger partial charge in [-0.3, -0.25) is 9.59 Å². The monoisotopic (exact) mass is 300 g/mol. The highest BCUT2D eigenvalue weighted by atomic mass is 16.3. The number of rotatable bonds is 5. The van der Waals surface area contributed by atoms with Gasteiger partial charge in [-0.25, -0.2) is 0 Å². The second kappa shape index (κ2) is 6.93. The van der Waals surface area contributed by atoms with Gasteiger partial charge in [0, 0.05) is 17.8 Å². The lowest BCUT2D eigenvalue weighted by molar-refractivity contribution is -0.116. The number of benzene rings is 1. The largest absolute Gasteiger partial charge is 0.459 e. The van der Waals surface area contributed by atoms with E-state index in [2.05, 4.69) is 10.6 Å². The smallest absolute Gasteiger partial charge is 0.291 e. The Hall–Kier alpha value is -2.56. The number of hydrogen-bond donors (Lipinski definition) is 2. The Morgan fingerprint density at radius 2 is 1.95 bits per heavy atom. The zero-order chi connectivity index (χ0) is 16.1. The highest BCUT2D eigenvalue weighted by molar-refractivity contribution is 6.02. The van der Waals surface area contributed by atoms with Crippen molar-refractivity contribution in [2.45, 2.75) is 27.2 Å². The molecule has 0 radical (unpaired) electrons. The van der Waals surface area contributed by atoms with Crippen molar-refractivity contribution in [2.24, 2.45) is 5.92 Å². The lowest BCUT2D eigenvalue weighted by Crippen LogP contribution is -2.15. The van der Waals surface area contributed by atoms with Crippen molar-refractivity contribution < 1.29 is 14.0 Å². The molecule has 1 aromatic heterocycles. The molecule has 22 heavy (non-hydrogen) atoms. The standard InChI is InChI=1S/C17H20N2O3/c1-11(2)9-16(20)19-14-10-13(7-6-12(14)3)18-17(21)15-5-4-8-22-15/h4-8,10-11H,9H2,1-3H3,(H,18,21)(H,19,20). The lowest BCUT2D eigenvalue weighted by atomic mass is 10.1. The summed E-state index contributed by atoms with van der Waals surface area (Å²) in [6.45, 7) is 5.89. The van der Waals surface area contributed by atoms with Crippen molar-refractivity contribution in [3.63, 3.8) is 0 Å². The van der Waals surface area contributed by atoms with Gasteiger partial charge in [0.2, 0.25) is 5.91 Å². The predicted octanol–water partition coefficient (Wildman–Crippen LogP) is 3.82. The number of carbonyl (C=O) groups is 2. The Morgan fingerprint density at radius 1 is 1.18 bits per heavy atom. The summed E-state index contributed by atoms with van der Waals surface area (Å²) >= 11 is 0. The molecule has 0 aliphatic rings. The van der Waals surface area contributed by atoms with Gasteiger partial charge in [-0.15, -0.1) is 0 Å². The highest BCUT2D eigenvalue weighted by Gasteiger charge is 2.11. The van der Waals surface area contributed by atoms with Gasteiger partial charge in [0.05, 0.1) is 6.26 Å². The molecule has 0 aliphatic heterocycles. The van der Waals surface area contributed by atoms with E-state index in [1.807, 2.05) is 26.8 Å². The van der Waals surface area contributed by atoms with Crippen molar-refractivity contribution in [1.82, 2.24) is 0 Å². The molecule has 2 amide bonds. The number of aryl methyl sites for hydroxylation is 1. The summed E-state index contributed by atoms with van der Waals surface area (Å²) in [5, 5.41) is 5.62. The van der Waals surface area contributed by atoms with Crippen molar-refractivity contribution >= 4 is 23.2 Å². The maximum atomic E-state index is 11.9. The first-order valence-corrected chi connectivity index (χ1v) is 7.21. The van der Waals surface area contributed by atoms with Gasteiger partial charge < -0.3 is 15.1 Å².